The molecule has 1 saturated heterocycles. The van der Waals surface area contributed by atoms with Crippen molar-refractivity contribution < 1.29 is 18.0 Å². The third-order valence-corrected chi connectivity index (χ3v) is 8.04. The van der Waals surface area contributed by atoms with E-state index in [1.807, 2.05) is 24.3 Å². The maximum atomic E-state index is 12.9. The molecule has 1 aromatic carbocycles. The number of rotatable bonds is 7. The van der Waals surface area contributed by atoms with Gasteiger partial charge in [0.15, 0.2) is 0 Å². The van der Waals surface area contributed by atoms with Gasteiger partial charge in [0.2, 0.25) is 5.91 Å². The van der Waals surface area contributed by atoms with Gasteiger partial charge in [-0.2, -0.15) is 13.2 Å². The minimum atomic E-state index is -4.42. The molecule has 6 nitrogen and oxygen atoms in total. The number of amides is 1. The minimum absolute atomic E-state index is 0.307. The summed E-state index contributed by atoms with van der Waals surface area (Å²) < 4.78 is 38.8. The molecule has 9 heteroatoms. The Balaban J connectivity index is 1.24. The van der Waals surface area contributed by atoms with E-state index >= 15 is 0 Å². The van der Waals surface area contributed by atoms with Gasteiger partial charge in [0.05, 0.1) is 11.9 Å². The van der Waals surface area contributed by atoms with Crippen molar-refractivity contribution in [3.05, 3.63) is 72.2 Å². The number of nitrogens with two attached hydrogens (primary N) is 1. The molecule has 0 radical (unpaired) electrons. The van der Waals surface area contributed by atoms with Gasteiger partial charge < -0.3 is 16.0 Å². The number of pyridine rings is 2. The summed E-state index contributed by atoms with van der Waals surface area (Å²) in [6.07, 6.45) is 6.53. The van der Waals surface area contributed by atoms with Gasteiger partial charge in [-0.05, 0) is 91.5 Å². The van der Waals surface area contributed by atoms with Gasteiger partial charge in [0.1, 0.15) is 11.5 Å². The Bertz CT molecular complexity index is 1280. The number of carbonyl (C=O) groups is 1. The van der Waals surface area contributed by atoms with Gasteiger partial charge in [-0.25, -0.2) is 9.97 Å². The standard InChI is InChI=1S/C30H34F3N5O/c31-30(32,33)27-11-10-25(18-36-27)38-14-4-5-20(19-38)15-23-6-1-2-9-26(23)37-28-17-22(12-13-35-28)21-7-3-8-24(16-21)29(34)39/h3,7-8,10-13,16-18,20,23,26H,1-2,4-6,9,14-15,19H2,(H2,34,39)(H,35,37)/t20-,23+,26-/m1/s1. The molecule has 1 saturated carbocycles. The third-order valence-electron chi connectivity index (χ3n) is 8.04. The lowest BCUT2D eigenvalue weighted by molar-refractivity contribution is -0.141. The van der Waals surface area contributed by atoms with Crippen LogP contribution >= 0.6 is 0 Å². The Morgan fingerprint density at radius 3 is 2.59 bits per heavy atom. The first-order chi connectivity index (χ1) is 18.8. The number of hydrogen-bond donors (Lipinski definition) is 2. The van der Waals surface area contributed by atoms with Gasteiger partial charge >= 0.3 is 6.18 Å². The third kappa shape index (κ3) is 6.69. The highest BCUT2D eigenvalue weighted by Crippen LogP contribution is 2.36. The lowest BCUT2D eigenvalue weighted by Crippen LogP contribution is -2.39. The SMILES string of the molecule is NC(=O)c1cccc(-c2ccnc(N[C@@H]3CCCC[C@H]3C[C@H]3CCCN(c4ccc(C(F)(F)F)nc4)C3)c2)c1. The normalized spacial score (nSPS) is 21.9. The van der Waals surface area contributed by atoms with E-state index in [1.165, 1.54) is 19.0 Å². The molecule has 2 aliphatic rings. The van der Waals surface area contributed by atoms with Crippen LogP contribution in [0, 0.1) is 11.8 Å². The second-order valence-corrected chi connectivity index (χ2v) is 10.8. The number of piperidine rings is 1. The van der Waals surface area contributed by atoms with Crippen LogP contribution in [0.25, 0.3) is 11.1 Å². The van der Waals surface area contributed by atoms with Crippen LogP contribution in [0.2, 0.25) is 0 Å². The smallest absolute Gasteiger partial charge is 0.370 e. The number of nitrogens with zero attached hydrogens (tertiary/aromatic N) is 3. The van der Waals surface area contributed by atoms with E-state index in [0.717, 1.165) is 73.9 Å². The molecular formula is C30H34F3N5O. The van der Waals surface area contributed by atoms with Crippen LogP contribution in [0.4, 0.5) is 24.7 Å². The van der Waals surface area contributed by atoms with E-state index in [-0.39, 0.29) is 0 Å². The van der Waals surface area contributed by atoms with E-state index in [0.29, 0.717) is 23.4 Å². The van der Waals surface area contributed by atoms with Crippen molar-refractivity contribution in [2.75, 3.05) is 23.3 Å². The van der Waals surface area contributed by atoms with Crippen LogP contribution < -0.4 is 16.0 Å². The predicted molar refractivity (Wildman–Crippen MR) is 146 cm³/mol. The summed E-state index contributed by atoms with van der Waals surface area (Å²) in [7, 11) is 0. The van der Waals surface area contributed by atoms with Crippen LogP contribution in [-0.2, 0) is 6.18 Å². The monoisotopic (exact) mass is 537 g/mol. The van der Waals surface area contributed by atoms with Crippen molar-refractivity contribution in [3.63, 3.8) is 0 Å². The fourth-order valence-electron chi connectivity index (χ4n) is 6.07. The van der Waals surface area contributed by atoms with Crippen molar-refractivity contribution in [2.45, 2.75) is 57.2 Å². The Hall–Kier alpha value is -3.62. The van der Waals surface area contributed by atoms with E-state index < -0.39 is 17.8 Å². The molecule has 2 fully saturated rings. The van der Waals surface area contributed by atoms with Gasteiger partial charge in [-0.15, -0.1) is 0 Å². The Morgan fingerprint density at radius 1 is 1.00 bits per heavy atom. The second-order valence-electron chi connectivity index (χ2n) is 10.8. The van der Waals surface area contributed by atoms with Crippen LogP contribution in [0.1, 0.15) is 61.0 Å². The maximum Gasteiger partial charge on any atom is 0.433 e. The van der Waals surface area contributed by atoms with Gasteiger partial charge in [0, 0.05) is 30.9 Å². The zero-order valence-corrected chi connectivity index (χ0v) is 21.8. The lowest BCUT2D eigenvalue weighted by atomic mass is 9.77. The lowest BCUT2D eigenvalue weighted by Gasteiger charge is -2.39. The van der Waals surface area contributed by atoms with Gasteiger partial charge in [-0.3, -0.25) is 4.79 Å². The van der Waals surface area contributed by atoms with Crippen molar-refractivity contribution >= 4 is 17.4 Å². The average Bonchev–Trinajstić information content (AvgIpc) is 2.94. The fourth-order valence-corrected chi connectivity index (χ4v) is 6.07. The van der Waals surface area contributed by atoms with Crippen molar-refractivity contribution in [3.8, 4) is 11.1 Å². The largest absolute Gasteiger partial charge is 0.433 e. The number of carbonyl (C=O) groups excluding carboxylic acids is 1. The molecule has 3 atom stereocenters. The molecule has 3 heterocycles. The number of benzene rings is 1. The highest BCUT2D eigenvalue weighted by Gasteiger charge is 2.33. The van der Waals surface area contributed by atoms with E-state index in [4.69, 9.17) is 5.73 Å². The molecule has 0 spiro atoms. The van der Waals surface area contributed by atoms with Crippen LogP contribution in [0.15, 0.2) is 60.9 Å². The number of nitrogens with one attached hydrogen (secondary N) is 1. The van der Waals surface area contributed by atoms with Gasteiger partial charge in [-0.1, -0.05) is 25.0 Å². The number of halogens is 3. The fraction of sp³-hybridized carbons (Fsp3) is 0.433. The molecule has 0 unspecified atom stereocenters. The number of aromatic nitrogens is 2. The molecular weight excluding hydrogens is 503 g/mol. The number of hydrogen-bond acceptors (Lipinski definition) is 5. The van der Waals surface area contributed by atoms with Crippen LogP contribution in [-0.4, -0.2) is 35.0 Å². The van der Waals surface area contributed by atoms with E-state index in [2.05, 4.69) is 20.2 Å². The van der Waals surface area contributed by atoms with E-state index in [1.54, 1.807) is 24.4 Å². The minimum Gasteiger partial charge on any atom is -0.370 e. The number of anilines is 2. The molecule has 0 bridgehead atoms. The van der Waals surface area contributed by atoms with Crippen molar-refractivity contribution in [2.24, 2.45) is 17.6 Å². The van der Waals surface area contributed by atoms with Crippen molar-refractivity contribution in [1.82, 2.24) is 9.97 Å². The topological polar surface area (TPSA) is 84.1 Å². The molecule has 2 aromatic heterocycles. The highest BCUT2D eigenvalue weighted by atomic mass is 19.4. The molecule has 1 amide bonds. The quantitative estimate of drug-likeness (QED) is 0.358. The molecule has 39 heavy (non-hydrogen) atoms. The second kappa shape index (κ2) is 11.6. The zero-order chi connectivity index (χ0) is 27.4. The molecule has 3 aromatic rings. The van der Waals surface area contributed by atoms with Gasteiger partial charge in [0.25, 0.3) is 0 Å². The molecule has 5 rings (SSSR count). The summed E-state index contributed by atoms with van der Waals surface area (Å²) in [5.74, 6) is 1.34. The Kier molecular flexibility index (Phi) is 8.04. The first-order valence-corrected chi connectivity index (χ1v) is 13.7. The van der Waals surface area contributed by atoms with Crippen molar-refractivity contribution in [1.29, 1.82) is 0 Å². The Morgan fingerprint density at radius 2 is 1.82 bits per heavy atom. The molecule has 206 valence electrons. The predicted octanol–water partition coefficient (Wildman–Crippen LogP) is 6.54. The van der Waals surface area contributed by atoms with E-state index in [9.17, 15) is 18.0 Å². The molecule has 1 aliphatic carbocycles. The summed E-state index contributed by atoms with van der Waals surface area (Å²) in [5, 5.41) is 3.70. The first-order valence-electron chi connectivity index (χ1n) is 13.7. The first kappa shape index (κ1) is 27.0. The highest BCUT2D eigenvalue weighted by molar-refractivity contribution is 5.94. The molecule has 1 aliphatic heterocycles. The number of alkyl halides is 3. The zero-order valence-electron chi connectivity index (χ0n) is 21.8. The summed E-state index contributed by atoms with van der Waals surface area (Å²) in [4.78, 5) is 22.0. The average molecular weight is 538 g/mol. The maximum absolute atomic E-state index is 12.9. The summed E-state index contributed by atoms with van der Waals surface area (Å²) in [5.41, 5.74) is 7.72. The summed E-state index contributed by atoms with van der Waals surface area (Å²) in [6.45, 7) is 1.67. The summed E-state index contributed by atoms with van der Waals surface area (Å²) >= 11 is 0. The Labute approximate surface area is 226 Å². The summed E-state index contributed by atoms with van der Waals surface area (Å²) in [6, 6.07) is 14.2. The van der Waals surface area contributed by atoms with Crippen LogP contribution in [0.3, 0.4) is 0 Å². The van der Waals surface area contributed by atoms with Crippen LogP contribution in [0.5, 0.6) is 0 Å². The molecule has 3 N–H and O–H groups in total. The number of primary amides is 1.